The summed E-state index contributed by atoms with van der Waals surface area (Å²) < 4.78 is 5.56. The van der Waals surface area contributed by atoms with Crippen LogP contribution in [-0.2, 0) is 4.79 Å². The smallest absolute Gasteiger partial charge is 0.248 e. The number of hydrogen-bond acceptors (Lipinski definition) is 4. The standard InChI is InChI=1S/C17H25N3O3/c1-12-5-7-20(14(9-12)11-18)16(21)6-8-23-15-4-2-3-13(10-15)17(19)22/h2-4,10,12,14H,5-9,11,18H2,1H3,(H2,19,22). The summed E-state index contributed by atoms with van der Waals surface area (Å²) in [6.07, 6.45) is 2.28. The maximum absolute atomic E-state index is 12.4. The third kappa shape index (κ3) is 4.69. The van der Waals surface area contributed by atoms with Crippen molar-refractivity contribution in [1.82, 2.24) is 4.90 Å². The van der Waals surface area contributed by atoms with Crippen molar-refractivity contribution >= 4 is 11.8 Å². The number of primary amides is 1. The lowest BCUT2D eigenvalue weighted by Crippen LogP contribution is -2.49. The van der Waals surface area contributed by atoms with E-state index >= 15 is 0 Å². The molecule has 0 saturated carbocycles. The van der Waals surface area contributed by atoms with Gasteiger partial charge in [-0.05, 0) is 37.0 Å². The fourth-order valence-electron chi connectivity index (χ4n) is 2.94. The normalized spacial score (nSPS) is 21.0. The maximum atomic E-state index is 12.4. The lowest BCUT2D eigenvalue weighted by atomic mass is 9.92. The first kappa shape index (κ1) is 17.3. The van der Waals surface area contributed by atoms with Crippen molar-refractivity contribution in [3.63, 3.8) is 0 Å². The van der Waals surface area contributed by atoms with Crippen molar-refractivity contribution in [2.75, 3.05) is 19.7 Å². The second-order valence-corrected chi connectivity index (χ2v) is 6.10. The second-order valence-electron chi connectivity index (χ2n) is 6.10. The van der Waals surface area contributed by atoms with E-state index in [0.717, 1.165) is 19.4 Å². The van der Waals surface area contributed by atoms with Gasteiger partial charge >= 0.3 is 0 Å². The molecular weight excluding hydrogens is 294 g/mol. The highest BCUT2D eigenvalue weighted by Gasteiger charge is 2.28. The summed E-state index contributed by atoms with van der Waals surface area (Å²) >= 11 is 0. The van der Waals surface area contributed by atoms with Crippen molar-refractivity contribution < 1.29 is 14.3 Å². The lowest BCUT2D eigenvalue weighted by Gasteiger charge is -2.38. The van der Waals surface area contributed by atoms with E-state index in [2.05, 4.69) is 6.92 Å². The summed E-state index contributed by atoms with van der Waals surface area (Å²) in [5.41, 5.74) is 11.4. The molecule has 0 aliphatic carbocycles. The first-order valence-corrected chi connectivity index (χ1v) is 8.03. The largest absolute Gasteiger partial charge is 0.493 e. The predicted octanol–water partition coefficient (Wildman–Crippen LogP) is 1.14. The van der Waals surface area contributed by atoms with E-state index in [1.165, 1.54) is 0 Å². The molecular formula is C17H25N3O3. The average molecular weight is 319 g/mol. The summed E-state index contributed by atoms with van der Waals surface area (Å²) in [5, 5.41) is 0. The number of carbonyl (C=O) groups excluding carboxylic acids is 2. The van der Waals surface area contributed by atoms with Crippen LogP contribution in [0.1, 0.15) is 36.5 Å². The number of hydrogen-bond donors (Lipinski definition) is 2. The molecule has 4 N–H and O–H groups in total. The van der Waals surface area contributed by atoms with Crippen LogP contribution in [0.2, 0.25) is 0 Å². The van der Waals surface area contributed by atoms with Crippen LogP contribution in [0.4, 0.5) is 0 Å². The molecule has 2 atom stereocenters. The van der Waals surface area contributed by atoms with Crippen molar-refractivity contribution in [2.45, 2.75) is 32.2 Å². The molecule has 0 spiro atoms. The maximum Gasteiger partial charge on any atom is 0.248 e. The Hall–Kier alpha value is -2.08. The van der Waals surface area contributed by atoms with Crippen molar-refractivity contribution in [1.29, 1.82) is 0 Å². The van der Waals surface area contributed by atoms with Crippen LogP contribution < -0.4 is 16.2 Å². The van der Waals surface area contributed by atoms with Gasteiger partial charge < -0.3 is 21.1 Å². The van der Waals surface area contributed by atoms with Gasteiger partial charge in [0.15, 0.2) is 0 Å². The molecule has 1 aliphatic heterocycles. The Bertz CT molecular complexity index is 562. The van der Waals surface area contributed by atoms with Crippen LogP contribution in [0, 0.1) is 5.92 Å². The highest BCUT2D eigenvalue weighted by Crippen LogP contribution is 2.22. The Labute approximate surface area is 136 Å². The molecule has 0 aromatic heterocycles. The zero-order valence-electron chi connectivity index (χ0n) is 13.5. The number of nitrogens with zero attached hydrogens (tertiary/aromatic N) is 1. The van der Waals surface area contributed by atoms with Crippen LogP contribution in [0.25, 0.3) is 0 Å². The van der Waals surface area contributed by atoms with E-state index in [1.807, 2.05) is 4.90 Å². The Balaban J connectivity index is 1.84. The molecule has 1 aromatic rings. The van der Waals surface area contributed by atoms with Gasteiger partial charge in [-0.2, -0.15) is 0 Å². The minimum Gasteiger partial charge on any atom is -0.493 e. The second kappa shape index (κ2) is 7.97. The van der Waals surface area contributed by atoms with E-state index in [1.54, 1.807) is 24.3 Å². The van der Waals surface area contributed by atoms with E-state index in [9.17, 15) is 9.59 Å². The molecule has 0 radical (unpaired) electrons. The monoisotopic (exact) mass is 319 g/mol. The number of ether oxygens (including phenoxy) is 1. The fraction of sp³-hybridized carbons (Fsp3) is 0.529. The first-order chi connectivity index (χ1) is 11.0. The highest BCUT2D eigenvalue weighted by atomic mass is 16.5. The van der Waals surface area contributed by atoms with Crippen molar-refractivity contribution in [2.24, 2.45) is 17.4 Å². The molecule has 2 unspecified atom stereocenters. The number of rotatable bonds is 6. The van der Waals surface area contributed by atoms with Crippen molar-refractivity contribution in [3.8, 4) is 5.75 Å². The molecule has 2 rings (SSSR count). The molecule has 1 saturated heterocycles. The number of piperidine rings is 1. The summed E-state index contributed by atoms with van der Waals surface area (Å²) in [6, 6.07) is 6.78. The van der Waals surface area contributed by atoms with Gasteiger partial charge in [0.2, 0.25) is 11.8 Å². The van der Waals surface area contributed by atoms with Gasteiger partial charge in [0.05, 0.1) is 13.0 Å². The summed E-state index contributed by atoms with van der Waals surface area (Å²) in [7, 11) is 0. The van der Waals surface area contributed by atoms with Crippen molar-refractivity contribution in [3.05, 3.63) is 29.8 Å². The quantitative estimate of drug-likeness (QED) is 0.821. The van der Waals surface area contributed by atoms with E-state index < -0.39 is 5.91 Å². The van der Waals surface area contributed by atoms with Gasteiger partial charge in [-0.1, -0.05) is 13.0 Å². The number of carbonyl (C=O) groups is 2. The Morgan fingerprint density at radius 3 is 2.87 bits per heavy atom. The number of likely N-dealkylation sites (tertiary alicyclic amines) is 1. The Morgan fingerprint density at radius 2 is 2.17 bits per heavy atom. The minimum atomic E-state index is -0.500. The zero-order valence-corrected chi connectivity index (χ0v) is 13.5. The summed E-state index contributed by atoms with van der Waals surface area (Å²) in [6.45, 7) is 3.72. The number of amides is 2. The molecule has 6 heteroatoms. The Kier molecular flexibility index (Phi) is 5.98. The number of nitrogens with two attached hydrogens (primary N) is 2. The third-order valence-electron chi connectivity index (χ3n) is 4.27. The minimum absolute atomic E-state index is 0.0680. The summed E-state index contributed by atoms with van der Waals surface area (Å²) in [4.78, 5) is 25.4. The van der Waals surface area contributed by atoms with E-state index in [4.69, 9.17) is 16.2 Å². The fourth-order valence-corrected chi connectivity index (χ4v) is 2.94. The van der Waals surface area contributed by atoms with Crippen LogP contribution in [-0.4, -0.2) is 42.5 Å². The third-order valence-corrected chi connectivity index (χ3v) is 4.27. The topological polar surface area (TPSA) is 98.6 Å². The average Bonchev–Trinajstić information content (AvgIpc) is 2.54. The SMILES string of the molecule is CC1CCN(C(=O)CCOc2cccc(C(N)=O)c2)C(CN)C1. The van der Waals surface area contributed by atoms with Gasteiger partial charge in [-0.15, -0.1) is 0 Å². The highest BCUT2D eigenvalue weighted by molar-refractivity contribution is 5.93. The summed E-state index contributed by atoms with van der Waals surface area (Å²) in [5.74, 6) is 0.718. The van der Waals surface area contributed by atoms with E-state index in [-0.39, 0.29) is 18.6 Å². The van der Waals surface area contributed by atoms with Crippen LogP contribution in [0.3, 0.4) is 0 Å². The van der Waals surface area contributed by atoms with Gasteiger partial charge in [0.1, 0.15) is 5.75 Å². The van der Waals surface area contributed by atoms with Gasteiger partial charge in [0.25, 0.3) is 0 Å². The van der Waals surface area contributed by atoms with Crippen LogP contribution >= 0.6 is 0 Å². The zero-order chi connectivity index (χ0) is 16.8. The molecule has 126 valence electrons. The molecule has 1 heterocycles. The van der Waals surface area contributed by atoms with E-state index in [0.29, 0.717) is 30.2 Å². The molecule has 0 bridgehead atoms. The van der Waals surface area contributed by atoms with Gasteiger partial charge in [0, 0.05) is 24.7 Å². The molecule has 1 aromatic carbocycles. The molecule has 1 fully saturated rings. The molecule has 6 nitrogen and oxygen atoms in total. The first-order valence-electron chi connectivity index (χ1n) is 8.03. The van der Waals surface area contributed by atoms with Gasteiger partial charge in [-0.3, -0.25) is 9.59 Å². The molecule has 2 amide bonds. The Morgan fingerprint density at radius 1 is 1.39 bits per heavy atom. The van der Waals surface area contributed by atoms with Crippen LogP contribution in [0.15, 0.2) is 24.3 Å². The number of benzene rings is 1. The lowest BCUT2D eigenvalue weighted by molar-refractivity contribution is -0.135. The molecule has 1 aliphatic rings. The van der Waals surface area contributed by atoms with Crippen LogP contribution in [0.5, 0.6) is 5.75 Å². The van der Waals surface area contributed by atoms with Gasteiger partial charge in [-0.25, -0.2) is 0 Å². The molecule has 23 heavy (non-hydrogen) atoms. The predicted molar refractivity (Wildman–Crippen MR) is 88.0 cm³/mol.